The molecule has 0 aromatic carbocycles. The normalized spacial score (nSPS) is 20.5. The minimum atomic E-state index is -0.577. The summed E-state index contributed by atoms with van der Waals surface area (Å²) in [5.41, 5.74) is 6.05. The van der Waals surface area contributed by atoms with E-state index in [1.165, 1.54) is 6.20 Å². The van der Waals surface area contributed by atoms with Crippen molar-refractivity contribution in [2.45, 2.75) is 38.5 Å². The van der Waals surface area contributed by atoms with E-state index >= 15 is 0 Å². The van der Waals surface area contributed by atoms with Gasteiger partial charge in [0.2, 0.25) is 5.91 Å². The number of pyridine rings is 1. The van der Waals surface area contributed by atoms with E-state index in [9.17, 15) is 14.4 Å². The van der Waals surface area contributed by atoms with Crippen LogP contribution in [-0.2, 0) is 14.3 Å². The van der Waals surface area contributed by atoms with Crippen molar-refractivity contribution < 1.29 is 23.9 Å². The monoisotopic (exact) mass is 440 g/mol. The van der Waals surface area contributed by atoms with Crippen LogP contribution in [0.2, 0.25) is 0 Å². The average Bonchev–Trinajstić information content (AvgIpc) is 3.16. The van der Waals surface area contributed by atoms with Crippen LogP contribution in [0.5, 0.6) is 0 Å². The second kappa shape index (κ2) is 12.7. The van der Waals surface area contributed by atoms with Crippen molar-refractivity contribution in [2.24, 2.45) is 5.73 Å². The van der Waals surface area contributed by atoms with Gasteiger partial charge in [-0.1, -0.05) is 42.5 Å². The first-order chi connectivity index (χ1) is 15.4. The van der Waals surface area contributed by atoms with Crippen molar-refractivity contribution >= 4 is 24.2 Å². The lowest BCUT2D eigenvalue weighted by atomic mass is 10.0. The summed E-state index contributed by atoms with van der Waals surface area (Å²) < 4.78 is 9.71. The summed E-state index contributed by atoms with van der Waals surface area (Å²) in [6.07, 6.45) is 16.7. The van der Waals surface area contributed by atoms with Crippen LogP contribution in [0.25, 0.3) is 6.08 Å². The number of hydrogen-bond donors (Lipinski definition) is 2. The molecule has 0 aliphatic carbocycles. The number of carbonyl (C=O) groups excluding carboxylic acids is 3. The van der Waals surface area contributed by atoms with Crippen LogP contribution in [0.15, 0.2) is 67.2 Å². The van der Waals surface area contributed by atoms with Gasteiger partial charge in [0, 0.05) is 12.4 Å². The predicted octanol–water partition coefficient (Wildman–Crippen LogP) is 2.92. The number of β-lactam (4-membered cyclic amide) rings is 1. The Labute approximate surface area is 187 Å². The predicted molar refractivity (Wildman–Crippen MR) is 120 cm³/mol. The molecule has 9 heteroatoms. The molecular formula is C23H28N4O5. The number of ether oxygens (including phenoxy) is 2. The molecule has 0 unspecified atom stereocenters. The van der Waals surface area contributed by atoms with Gasteiger partial charge in [0.05, 0.1) is 24.6 Å². The zero-order valence-corrected chi connectivity index (χ0v) is 18.1. The minimum Gasteiger partial charge on any atom is -0.447 e. The first-order valence-corrected chi connectivity index (χ1v) is 10.2. The molecule has 3 N–H and O–H groups in total. The fraction of sp³-hybridized carbons (Fsp3) is 0.304. The van der Waals surface area contributed by atoms with Crippen molar-refractivity contribution in [3.05, 3.63) is 72.7 Å². The summed E-state index contributed by atoms with van der Waals surface area (Å²) in [5, 5.41) is 2.62. The van der Waals surface area contributed by atoms with Gasteiger partial charge in [0.1, 0.15) is 6.61 Å². The lowest BCUT2D eigenvalue weighted by Gasteiger charge is -2.36. The first-order valence-electron chi connectivity index (χ1n) is 10.2. The maximum atomic E-state index is 11.7. The molecule has 0 bridgehead atoms. The minimum absolute atomic E-state index is 0.0148. The fourth-order valence-electron chi connectivity index (χ4n) is 2.68. The summed E-state index contributed by atoms with van der Waals surface area (Å²) >= 11 is 0. The number of cyclic esters (lactones) is 1. The third kappa shape index (κ3) is 8.10. The van der Waals surface area contributed by atoms with Crippen molar-refractivity contribution in [3.8, 4) is 0 Å². The number of imide groups is 1. The van der Waals surface area contributed by atoms with Crippen LogP contribution < -0.4 is 11.1 Å². The van der Waals surface area contributed by atoms with Gasteiger partial charge in [-0.3, -0.25) is 9.78 Å². The molecule has 2 aliphatic rings. The molecule has 2 atom stereocenters. The van der Waals surface area contributed by atoms with Crippen LogP contribution in [0.1, 0.15) is 25.8 Å². The first kappa shape index (κ1) is 24.4. The Bertz CT molecular complexity index is 893. The molecule has 2 aliphatic heterocycles. The third-order valence-electron chi connectivity index (χ3n) is 4.20. The number of alkyl carbamates (subject to hydrolysis) is 1. The van der Waals surface area contributed by atoms with Gasteiger partial charge in [-0.15, -0.1) is 0 Å². The lowest BCUT2D eigenvalue weighted by Crippen LogP contribution is -2.55. The van der Waals surface area contributed by atoms with E-state index in [0.717, 1.165) is 10.5 Å². The number of nitrogens with one attached hydrogen (secondary N) is 1. The van der Waals surface area contributed by atoms with Crippen molar-refractivity contribution in [2.75, 3.05) is 6.61 Å². The maximum absolute atomic E-state index is 11.7. The van der Waals surface area contributed by atoms with E-state index in [-0.39, 0.29) is 30.2 Å². The van der Waals surface area contributed by atoms with Crippen LogP contribution >= 0.6 is 0 Å². The molecule has 9 nitrogen and oxygen atoms in total. The number of hydrogen-bond acceptors (Lipinski definition) is 7. The van der Waals surface area contributed by atoms with Crippen molar-refractivity contribution in [1.82, 2.24) is 15.2 Å². The SMILES string of the molecule is CC(C)OC(=O)N1C(=O)C[C@H]1/C=C/c1cccnc1.N\C=C/C=C\C=C\[C@H]1COC(=O)N1. The van der Waals surface area contributed by atoms with Gasteiger partial charge in [0.25, 0.3) is 0 Å². The molecular weight excluding hydrogens is 412 g/mol. The Hall–Kier alpha value is -3.88. The Morgan fingerprint density at radius 3 is 2.66 bits per heavy atom. The number of rotatable bonds is 6. The second-order valence-electron chi connectivity index (χ2n) is 7.12. The van der Waals surface area contributed by atoms with Gasteiger partial charge in [-0.2, -0.15) is 0 Å². The van der Waals surface area contributed by atoms with E-state index in [1.807, 2.05) is 42.5 Å². The summed E-state index contributed by atoms with van der Waals surface area (Å²) in [4.78, 5) is 38.9. The number of likely N-dealkylation sites (tertiary alicyclic amines) is 1. The molecule has 3 rings (SSSR count). The van der Waals surface area contributed by atoms with E-state index in [0.29, 0.717) is 13.0 Å². The number of nitrogens with two attached hydrogens (primary N) is 1. The molecule has 32 heavy (non-hydrogen) atoms. The van der Waals surface area contributed by atoms with Crippen LogP contribution in [0.4, 0.5) is 9.59 Å². The highest BCUT2D eigenvalue weighted by Crippen LogP contribution is 2.22. The highest BCUT2D eigenvalue weighted by atomic mass is 16.6. The van der Waals surface area contributed by atoms with E-state index in [4.69, 9.17) is 10.5 Å². The van der Waals surface area contributed by atoms with Gasteiger partial charge in [0.15, 0.2) is 0 Å². The number of aromatic nitrogens is 1. The molecule has 3 heterocycles. The maximum Gasteiger partial charge on any atom is 0.417 e. The highest BCUT2D eigenvalue weighted by Gasteiger charge is 2.40. The Morgan fingerprint density at radius 1 is 1.28 bits per heavy atom. The second-order valence-corrected chi connectivity index (χ2v) is 7.12. The van der Waals surface area contributed by atoms with Crippen LogP contribution in [0, 0.1) is 0 Å². The van der Waals surface area contributed by atoms with E-state index in [2.05, 4.69) is 15.0 Å². The van der Waals surface area contributed by atoms with Crippen LogP contribution in [0.3, 0.4) is 0 Å². The topological polar surface area (TPSA) is 124 Å². The van der Waals surface area contributed by atoms with E-state index in [1.54, 1.807) is 38.4 Å². The largest absolute Gasteiger partial charge is 0.447 e. The highest BCUT2D eigenvalue weighted by molar-refractivity contribution is 5.98. The summed E-state index contributed by atoms with van der Waals surface area (Å²) in [5.74, 6) is -0.202. The molecule has 1 aromatic rings. The number of allylic oxidation sites excluding steroid dienone is 4. The van der Waals surface area contributed by atoms with Crippen LogP contribution in [-0.4, -0.2) is 52.8 Å². The van der Waals surface area contributed by atoms with E-state index < -0.39 is 6.09 Å². The summed E-state index contributed by atoms with van der Waals surface area (Å²) in [7, 11) is 0. The molecule has 3 amide bonds. The lowest BCUT2D eigenvalue weighted by molar-refractivity contribution is -0.140. The summed E-state index contributed by atoms with van der Waals surface area (Å²) in [6.45, 7) is 3.90. The molecule has 0 saturated carbocycles. The Morgan fingerprint density at radius 2 is 2.06 bits per heavy atom. The Balaban J connectivity index is 0.000000244. The van der Waals surface area contributed by atoms with Gasteiger partial charge >= 0.3 is 12.2 Å². The number of amides is 3. The summed E-state index contributed by atoms with van der Waals surface area (Å²) in [6, 6.07) is 3.50. The third-order valence-corrected chi connectivity index (χ3v) is 4.20. The van der Waals surface area contributed by atoms with Gasteiger partial charge in [-0.05, 0) is 37.8 Å². The standard InChI is InChI=1S/C14H16N2O3.C9H12N2O2/c1-10(2)19-14(18)16-12(8-13(16)17)6-5-11-4-3-7-15-9-11;10-6-4-2-1-3-5-8-7-13-9(12)11-8/h3-7,9-10,12H,8H2,1-2H3;1-6,8H,7,10H2,(H,11,12)/b6-5+;2-1-,5-3+,6-4-/t12-;8-/m10/s1. The quantitative estimate of drug-likeness (QED) is 0.515. The molecule has 2 saturated heterocycles. The van der Waals surface area contributed by atoms with Gasteiger partial charge < -0.3 is 20.5 Å². The zero-order chi connectivity index (χ0) is 23.3. The Kier molecular flexibility index (Phi) is 9.70. The number of carbonyl (C=O) groups is 3. The smallest absolute Gasteiger partial charge is 0.417 e. The zero-order valence-electron chi connectivity index (χ0n) is 18.1. The van der Waals surface area contributed by atoms with Crippen molar-refractivity contribution in [1.29, 1.82) is 0 Å². The fourth-order valence-corrected chi connectivity index (χ4v) is 2.68. The average molecular weight is 441 g/mol. The number of nitrogens with zero attached hydrogens (tertiary/aromatic N) is 2. The molecule has 0 radical (unpaired) electrons. The molecule has 0 spiro atoms. The molecule has 1 aromatic heterocycles. The molecule has 2 fully saturated rings. The van der Waals surface area contributed by atoms with Crippen molar-refractivity contribution in [3.63, 3.8) is 0 Å². The molecule has 170 valence electrons. The van der Waals surface area contributed by atoms with Gasteiger partial charge in [-0.25, -0.2) is 14.5 Å².